The Morgan fingerprint density at radius 2 is 2.13 bits per heavy atom. The first-order valence-corrected chi connectivity index (χ1v) is 5.62. The van der Waals surface area contributed by atoms with E-state index in [1.807, 2.05) is 20.8 Å². The van der Waals surface area contributed by atoms with Gasteiger partial charge in [-0.2, -0.15) is 0 Å². The van der Waals surface area contributed by atoms with E-state index in [2.05, 4.69) is 17.6 Å². The van der Waals surface area contributed by atoms with E-state index in [-0.39, 0.29) is 12.1 Å². The monoisotopic (exact) mass is 214 g/mol. The number of carbonyl (C=O) groups is 1. The van der Waals surface area contributed by atoms with Crippen molar-refractivity contribution in [1.29, 1.82) is 0 Å². The average molecular weight is 214 g/mol. The number of alkyl carbamates (subject to hydrolysis) is 1. The zero-order valence-corrected chi connectivity index (χ0v) is 10.1. The van der Waals surface area contributed by atoms with Crippen molar-refractivity contribution < 1.29 is 9.53 Å². The third-order valence-corrected chi connectivity index (χ3v) is 2.57. The van der Waals surface area contributed by atoms with Gasteiger partial charge in [0, 0.05) is 19.1 Å². The van der Waals surface area contributed by atoms with Gasteiger partial charge in [0.05, 0.1) is 0 Å². The molecular weight excluding hydrogens is 192 g/mol. The summed E-state index contributed by atoms with van der Waals surface area (Å²) in [5, 5.41) is 6.18. The van der Waals surface area contributed by atoms with Crippen LogP contribution in [0.5, 0.6) is 0 Å². The Hall–Kier alpha value is -0.770. The highest BCUT2D eigenvalue weighted by atomic mass is 16.6. The molecule has 1 heterocycles. The second-order valence-corrected chi connectivity index (χ2v) is 5.08. The topological polar surface area (TPSA) is 50.4 Å². The lowest BCUT2D eigenvalue weighted by Crippen LogP contribution is -2.43. The van der Waals surface area contributed by atoms with E-state index in [0.29, 0.717) is 5.92 Å². The highest BCUT2D eigenvalue weighted by molar-refractivity contribution is 5.68. The van der Waals surface area contributed by atoms with Gasteiger partial charge in [0.1, 0.15) is 5.60 Å². The fourth-order valence-corrected chi connectivity index (χ4v) is 1.79. The summed E-state index contributed by atoms with van der Waals surface area (Å²) in [6.07, 6.45) is 0.766. The average Bonchev–Trinajstić information content (AvgIpc) is 2.48. The van der Waals surface area contributed by atoms with Crippen LogP contribution in [0.4, 0.5) is 4.79 Å². The predicted octanol–water partition coefficient (Wildman–Crippen LogP) is 1.51. The fourth-order valence-electron chi connectivity index (χ4n) is 1.79. The Morgan fingerprint density at radius 1 is 1.47 bits per heavy atom. The van der Waals surface area contributed by atoms with Gasteiger partial charge in [0.2, 0.25) is 0 Å². The van der Waals surface area contributed by atoms with E-state index in [1.165, 1.54) is 0 Å². The normalized spacial score (nSPS) is 26.4. The molecule has 0 aromatic rings. The maximum Gasteiger partial charge on any atom is 0.407 e. The number of hydrogen-bond donors (Lipinski definition) is 2. The molecule has 0 saturated carbocycles. The van der Waals surface area contributed by atoms with E-state index in [4.69, 9.17) is 4.74 Å². The smallest absolute Gasteiger partial charge is 0.407 e. The summed E-state index contributed by atoms with van der Waals surface area (Å²) in [5.74, 6) is 0.525. The number of rotatable bonds is 2. The van der Waals surface area contributed by atoms with Crippen molar-refractivity contribution in [2.24, 2.45) is 5.92 Å². The first kappa shape index (κ1) is 12.3. The van der Waals surface area contributed by atoms with Crippen LogP contribution in [0.15, 0.2) is 0 Å². The lowest BCUT2D eigenvalue weighted by Gasteiger charge is -2.23. The van der Waals surface area contributed by atoms with Crippen LogP contribution in [0.1, 0.15) is 34.1 Å². The zero-order chi connectivity index (χ0) is 11.5. The zero-order valence-electron chi connectivity index (χ0n) is 10.1. The predicted molar refractivity (Wildman–Crippen MR) is 59.8 cm³/mol. The third-order valence-electron chi connectivity index (χ3n) is 2.57. The van der Waals surface area contributed by atoms with Gasteiger partial charge in [-0.3, -0.25) is 0 Å². The summed E-state index contributed by atoms with van der Waals surface area (Å²) in [4.78, 5) is 11.5. The van der Waals surface area contributed by atoms with Crippen LogP contribution in [0.3, 0.4) is 0 Å². The van der Waals surface area contributed by atoms with Crippen LogP contribution in [-0.4, -0.2) is 30.8 Å². The summed E-state index contributed by atoms with van der Waals surface area (Å²) in [5.41, 5.74) is -0.419. The molecular formula is C11H22N2O2. The van der Waals surface area contributed by atoms with Crippen LogP contribution < -0.4 is 10.6 Å². The van der Waals surface area contributed by atoms with Crippen LogP contribution in [-0.2, 0) is 4.74 Å². The molecule has 88 valence electrons. The van der Waals surface area contributed by atoms with Gasteiger partial charge >= 0.3 is 6.09 Å². The first-order chi connectivity index (χ1) is 6.92. The van der Waals surface area contributed by atoms with Crippen LogP contribution >= 0.6 is 0 Å². The molecule has 1 fully saturated rings. The van der Waals surface area contributed by atoms with Crippen molar-refractivity contribution in [3.8, 4) is 0 Å². The number of carbonyl (C=O) groups excluding carboxylic acids is 1. The molecule has 0 unspecified atom stereocenters. The molecule has 0 spiro atoms. The standard InChI is InChI=1S/C11H22N2O2/c1-5-8-6-12-7-9(8)13-10(14)15-11(2,3)4/h8-9,12H,5-7H2,1-4H3,(H,13,14)/t8-,9-/m1/s1. The molecule has 0 bridgehead atoms. The van der Waals surface area contributed by atoms with E-state index < -0.39 is 5.60 Å². The van der Waals surface area contributed by atoms with Crippen molar-refractivity contribution in [3.63, 3.8) is 0 Å². The molecule has 1 rings (SSSR count). The maximum absolute atomic E-state index is 11.5. The van der Waals surface area contributed by atoms with Crippen molar-refractivity contribution in [2.45, 2.75) is 45.8 Å². The highest BCUT2D eigenvalue weighted by Crippen LogP contribution is 2.14. The number of nitrogens with one attached hydrogen (secondary N) is 2. The summed E-state index contributed by atoms with van der Waals surface area (Å²) >= 11 is 0. The molecule has 1 aliphatic rings. The molecule has 4 heteroatoms. The van der Waals surface area contributed by atoms with Gasteiger partial charge in [-0.05, 0) is 26.7 Å². The van der Waals surface area contributed by atoms with Gasteiger partial charge < -0.3 is 15.4 Å². The molecule has 1 amide bonds. The molecule has 0 radical (unpaired) electrons. The van der Waals surface area contributed by atoms with Crippen LogP contribution in [0, 0.1) is 5.92 Å². The Labute approximate surface area is 91.8 Å². The van der Waals surface area contributed by atoms with E-state index in [0.717, 1.165) is 19.5 Å². The maximum atomic E-state index is 11.5. The Bertz CT molecular complexity index is 223. The van der Waals surface area contributed by atoms with E-state index >= 15 is 0 Å². The second-order valence-electron chi connectivity index (χ2n) is 5.08. The van der Waals surface area contributed by atoms with Crippen molar-refractivity contribution in [1.82, 2.24) is 10.6 Å². The third kappa shape index (κ3) is 4.08. The Balaban J connectivity index is 2.37. The Morgan fingerprint density at radius 3 is 2.67 bits per heavy atom. The number of hydrogen-bond acceptors (Lipinski definition) is 3. The first-order valence-electron chi connectivity index (χ1n) is 5.62. The molecule has 2 atom stereocenters. The lowest BCUT2D eigenvalue weighted by atomic mass is 10.0. The largest absolute Gasteiger partial charge is 0.444 e. The highest BCUT2D eigenvalue weighted by Gasteiger charge is 2.28. The number of amides is 1. The van der Waals surface area contributed by atoms with E-state index in [9.17, 15) is 4.79 Å². The van der Waals surface area contributed by atoms with Gasteiger partial charge in [0.25, 0.3) is 0 Å². The molecule has 0 aromatic carbocycles. The van der Waals surface area contributed by atoms with E-state index in [1.54, 1.807) is 0 Å². The summed E-state index contributed by atoms with van der Waals surface area (Å²) in [6, 6.07) is 0.213. The van der Waals surface area contributed by atoms with Crippen LogP contribution in [0.2, 0.25) is 0 Å². The quantitative estimate of drug-likeness (QED) is 0.732. The second kappa shape index (κ2) is 4.84. The summed E-state index contributed by atoms with van der Waals surface area (Å²) < 4.78 is 5.21. The summed E-state index contributed by atoms with van der Waals surface area (Å²) in [6.45, 7) is 9.58. The molecule has 0 aliphatic carbocycles. The van der Waals surface area contributed by atoms with Crippen molar-refractivity contribution in [2.75, 3.05) is 13.1 Å². The van der Waals surface area contributed by atoms with Crippen molar-refractivity contribution in [3.05, 3.63) is 0 Å². The van der Waals surface area contributed by atoms with Crippen LogP contribution in [0.25, 0.3) is 0 Å². The van der Waals surface area contributed by atoms with Gasteiger partial charge in [-0.1, -0.05) is 13.3 Å². The minimum atomic E-state index is -0.419. The minimum absolute atomic E-state index is 0.213. The Kier molecular flexibility index (Phi) is 3.97. The van der Waals surface area contributed by atoms with Gasteiger partial charge in [-0.25, -0.2) is 4.79 Å². The molecule has 1 aliphatic heterocycles. The molecule has 4 nitrogen and oxygen atoms in total. The van der Waals surface area contributed by atoms with Gasteiger partial charge in [-0.15, -0.1) is 0 Å². The van der Waals surface area contributed by atoms with Gasteiger partial charge in [0.15, 0.2) is 0 Å². The lowest BCUT2D eigenvalue weighted by molar-refractivity contribution is 0.0497. The molecule has 15 heavy (non-hydrogen) atoms. The SMILES string of the molecule is CC[C@@H]1CNC[C@H]1NC(=O)OC(C)(C)C. The molecule has 1 saturated heterocycles. The molecule has 0 aromatic heterocycles. The minimum Gasteiger partial charge on any atom is -0.444 e. The fraction of sp³-hybridized carbons (Fsp3) is 0.909. The van der Waals surface area contributed by atoms with Crippen molar-refractivity contribution >= 4 is 6.09 Å². The summed E-state index contributed by atoms with van der Waals surface area (Å²) in [7, 11) is 0. The number of ether oxygens (including phenoxy) is 1. The molecule has 2 N–H and O–H groups in total.